The molecule has 0 aliphatic heterocycles. The standard InChI is InChI=1S/2C10H8O3S.Na/c2*11-14(12,13)10-6-5-8-3-1-2-4-9(8)7-10;/h2*1-7H,(H,11,12,13);/q;;+1/p-1. The molecule has 0 aromatic heterocycles. The van der Waals surface area contributed by atoms with E-state index in [0.717, 1.165) is 21.5 Å². The maximum atomic E-state index is 10.8. The van der Waals surface area contributed by atoms with E-state index < -0.39 is 20.2 Å². The Kier molecular flexibility index (Phi) is 7.58. The third-order valence-corrected chi connectivity index (χ3v) is 5.71. The van der Waals surface area contributed by atoms with Crippen LogP contribution in [0, 0.1) is 0 Å². The second kappa shape index (κ2) is 9.36. The van der Waals surface area contributed by atoms with Crippen LogP contribution in [0.5, 0.6) is 0 Å². The molecule has 144 valence electrons. The van der Waals surface area contributed by atoms with Gasteiger partial charge in [0.25, 0.3) is 10.1 Å². The summed E-state index contributed by atoms with van der Waals surface area (Å²) in [5.74, 6) is 0. The van der Waals surface area contributed by atoms with E-state index in [4.69, 9.17) is 4.55 Å². The van der Waals surface area contributed by atoms with Crippen LogP contribution in [0.3, 0.4) is 0 Å². The third-order valence-electron chi connectivity index (χ3n) is 4.03. The van der Waals surface area contributed by atoms with Crippen LogP contribution in [0.2, 0.25) is 0 Å². The molecule has 29 heavy (non-hydrogen) atoms. The van der Waals surface area contributed by atoms with Gasteiger partial charge in [-0.05, 0) is 45.8 Å². The minimum atomic E-state index is -4.34. The summed E-state index contributed by atoms with van der Waals surface area (Å²) >= 11 is 0. The Bertz CT molecular complexity index is 1260. The maximum Gasteiger partial charge on any atom is 1.00 e. The van der Waals surface area contributed by atoms with Gasteiger partial charge in [-0.15, -0.1) is 0 Å². The molecule has 0 fully saturated rings. The Balaban J connectivity index is 0.000000200. The Labute approximate surface area is 191 Å². The van der Waals surface area contributed by atoms with Gasteiger partial charge >= 0.3 is 29.6 Å². The molecule has 1 N–H and O–H groups in total. The molecule has 0 amide bonds. The Morgan fingerprint density at radius 1 is 0.586 bits per heavy atom. The van der Waals surface area contributed by atoms with E-state index in [9.17, 15) is 21.4 Å². The van der Waals surface area contributed by atoms with Crippen molar-refractivity contribution in [2.24, 2.45) is 0 Å². The molecule has 0 unspecified atom stereocenters. The molecule has 0 heterocycles. The van der Waals surface area contributed by atoms with Gasteiger partial charge in [-0.2, -0.15) is 8.42 Å². The molecule has 0 radical (unpaired) electrons. The van der Waals surface area contributed by atoms with Crippen LogP contribution in [0.15, 0.2) is 94.7 Å². The zero-order chi connectivity index (χ0) is 20.4. The molecular formula is C20H15NaO6S2. The topological polar surface area (TPSA) is 112 Å². The first-order valence-corrected chi connectivity index (χ1v) is 10.9. The second-order valence-electron chi connectivity index (χ2n) is 5.95. The minimum Gasteiger partial charge on any atom is -0.744 e. The van der Waals surface area contributed by atoms with E-state index in [1.54, 1.807) is 30.3 Å². The van der Waals surface area contributed by atoms with Gasteiger partial charge in [-0.3, -0.25) is 4.55 Å². The first kappa shape index (κ1) is 23.5. The molecule has 6 nitrogen and oxygen atoms in total. The SMILES string of the molecule is O=S(=O)(O)c1ccc2ccccc2c1.O=S(=O)([O-])c1ccc2ccccc2c1.[Na+]. The number of rotatable bonds is 2. The van der Waals surface area contributed by atoms with E-state index in [0.29, 0.717) is 0 Å². The molecule has 0 atom stereocenters. The average molecular weight is 438 g/mol. The van der Waals surface area contributed by atoms with Crippen molar-refractivity contribution in [1.29, 1.82) is 0 Å². The van der Waals surface area contributed by atoms with Crippen LogP contribution < -0.4 is 29.6 Å². The average Bonchev–Trinajstić information content (AvgIpc) is 2.66. The Morgan fingerprint density at radius 2 is 0.966 bits per heavy atom. The molecule has 0 saturated carbocycles. The summed E-state index contributed by atoms with van der Waals surface area (Å²) in [4.78, 5) is -0.257. The Morgan fingerprint density at radius 3 is 1.38 bits per heavy atom. The fraction of sp³-hybridized carbons (Fsp3) is 0. The number of benzene rings is 4. The van der Waals surface area contributed by atoms with Gasteiger partial charge in [0.1, 0.15) is 10.1 Å². The zero-order valence-corrected chi connectivity index (χ0v) is 19.0. The molecule has 0 aliphatic rings. The molecule has 9 heteroatoms. The van der Waals surface area contributed by atoms with Crippen LogP contribution in [0.1, 0.15) is 0 Å². The summed E-state index contributed by atoms with van der Waals surface area (Å²) in [5, 5.41) is 3.41. The van der Waals surface area contributed by atoms with Crippen LogP contribution in [-0.2, 0) is 20.2 Å². The fourth-order valence-electron chi connectivity index (χ4n) is 2.65. The third kappa shape index (κ3) is 6.10. The Hall–Kier alpha value is -1.78. The minimum absolute atomic E-state index is 0. The molecule has 0 spiro atoms. The predicted octanol–water partition coefficient (Wildman–Crippen LogP) is 0.834. The van der Waals surface area contributed by atoms with E-state index >= 15 is 0 Å². The van der Waals surface area contributed by atoms with Crippen molar-refractivity contribution in [2.45, 2.75) is 9.79 Å². The van der Waals surface area contributed by atoms with Crippen LogP contribution >= 0.6 is 0 Å². The zero-order valence-electron chi connectivity index (χ0n) is 15.4. The van der Waals surface area contributed by atoms with Gasteiger partial charge in [-0.1, -0.05) is 60.7 Å². The summed E-state index contributed by atoms with van der Waals surface area (Å²) < 4.78 is 62.6. The summed E-state index contributed by atoms with van der Waals surface area (Å²) in [6.07, 6.45) is 0. The van der Waals surface area contributed by atoms with Gasteiger partial charge < -0.3 is 4.55 Å². The fourth-order valence-corrected chi connectivity index (χ4v) is 3.67. The van der Waals surface area contributed by atoms with Gasteiger partial charge in [0, 0.05) is 0 Å². The van der Waals surface area contributed by atoms with Gasteiger partial charge in [0.2, 0.25) is 0 Å². The van der Waals surface area contributed by atoms with E-state index in [2.05, 4.69) is 0 Å². The van der Waals surface area contributed by atoms with E-state index in [1.807, 2.05) is 30.3 Å². The molecule has 0 aliphatic carbocycles. The normalized spacial score (nSPS) is 11.4. The summed E-state index contributed by atoms with van der Waals surface area (Å²) in [7, 11) is -8.44. The van der Waals surface area contributed by atoms with Crippen molar-refractivity contribution in [3.05, 3.63) is 84.9 Å². The van der Waals surface area contributed by atoms with Crippen molar-refractivity contribution in [2.75, 3.05) is 0 Å². The van der Waals surface area contributed by atoms with Crippen molar-refractivity contribution < 1.29 is 55.5 Å². The van der Waals surface area contributed by atoms with Crippen molar-refractivity contribution >= 4 is 41.8 Å². The van der Waals surface area contributed by atoms with Crippen LogP contribution in [0.25, 0.3) is 21.5 Å². The summed E-state index contributed by atoms with van der Waals surface area (Å²) in [5.41, 5.74) is 0. The molecule has 4 aromatic rings. The quantitative estimate of drug-likeness (QED) is 0.367. The summed E-state index contributed by atoms with van der Waals surface area (Å²) in [6.45, 7) is 0. The first-order chi connectivity index (χ1) is 13.1. The number of fused-ring (bicyclic) bond motifs is 2. The molecule has 4 rings (SSSR count). The molecule has 4 aromatic carbocycles. The molecule has 0 bridgehead atoms. The van der Waals surface area contributed by atoms with Crippen LogP contribution in [0.4, 0.5) is 0 Å². The molecule has 0 saturated heterocycles. The number of hydrogen-bond donors (Lipinski definition) is 1. The smallest absolute Gasteiger partial charge is 0.744 e. The predicted molar refractivity (Wildman–Crippen MR) is 106 cm³/mol. The first-order valence-electron chi connectivity index (χ1n) is 8.05. The van der Waals surface area contributed by atoms with Gasteiger partial charge in [-0.25, -0.2) is 8.42 Å². The van der Waals surface area contributed by atoms with Crippen molar-refractivity contribution in [3.63, 3.8) is 0 Å². The summed E-state index contributed by atoms with van der Waals surface area (Å²) in [6, 6.07) is 23.5. The van der Waals surface area contributed by atoms with Gasteiger partial charge in [0.15, 0.2) is 0 Å². The number of hydrogen-bond acceptors (Lipinski definition) is 5. The van der Waals surface area contributed by atoms with E-state index in [1.165, 1.54) is 24.3 Å². The van der Waals surface area contributed by atoms with Crippen molar-refractivity contribution in [1.82, 2.24) is 0 Å². The van der Waals surface area contributed by atoms with Gasteiger partial charge in [0.05, 0.1) is 9.79 Å². The largest absolute Gasteiger partial charge is 1.00 e. The van der Waals surface area contributed by atoms with Crippen molar-refractivity contribution in [3.8, 4) is 0 Å². The molecular weight excluding hydrogens is 423 g/mol. The monoisotopic (exact) mass is 438 g/mol. The second-order valence-corrected chi connectivity index (χ2v) is 8.75. The maximum absolute atomic E-state index is 10.8. The van der Waals surface area contributed by atoms with E-state index in [-0.39, 0.29) is 39.3 Å². The van der Waals surface area contributed by atoms with Crippen LogP contribution in [-0.4, -0.2) is 25.9 Å².